The molecule has 0 aliphatic carbocycles. The molecule has 0 amide bonds. The summed E-state index contributed by atoms with van der Waals surface area (Å²) in [4.78, 5) is 9.78. The van der Waals surface area contributed by atoms with Gasteiger partial charge in [0.25, 0.3) is 0 Å². The predicted octanol–water partition coefficient (Wildman–Crippen LogP) is 3.47. The van der Waals surface area contributed by atoms with E-state index in [-0.39, 0.29) is 5.82 Å². The summed E-state index contributed by atoms with van der Waals surface area (Å²) >= 11 is 5.10. The number of hydrogen-bond acceptors (Lipinski definition) is 3. The Kier molecular flexibility index (Phi) is 6.33. The molecule has 0 spiro atoms. The van der Waals surface area contributed by atoms with Crippen LogP contribution in [-0.4, -0.2) is 18.0 Å². The van der Waals surface area contributed by atoms with E-state index in [0.717, 1.165) is 21.5 Å². The number of nitrogens with one attached hydrogen (secondary N) is 2. The fourth-order valence-corrected chi connectivity index (χ4v) is 3.02. The Morgan fingerprint density at radius 3 is 2.82 bits per heavy atom. The van der Waals surface area contributed by atoms with Gasteiger partial charge in [-0.2, -0.15) is 0 Å². The van der Waals surface area contributed by atoms with Gasteiger partial charge in [-0.25, -0.2) is 9.37 Å². The van der Waals surface area contributed by atoms with Crippen LogP contribution < -0.4 is 10.6 Å². The Balaban J connectivity index is 1.88. The lowest BCUT2D eigenvalue weighted by molar-refractivity contribution is 0.624. The molecule has 4 nitrogen and oxygen atoms in total. The summed E-state index contributed by atoms with van der Waals surface area (Å²) in [5, 5.41) is 7.39. The lowest BCUT2D eigenvalue weighted by Crippen LogP contribution is -2.36. The van der Waals surface area contributed by atoms with E-state index in [9.17, 15) is 4.39 Å². The second-order valence-corrected chi connectivity index (χ2v) is 6.64. The lowest BCUT2D eigenvalue weighted by Gasteiger charge is -2.12. The number of halogens is 2. The van der Waals surface area contributed by atoms with Crippen molar-refractivity contribution in [3.8, 4) is 0 Å². The normalized spacial score (nSPS) is 11.5. The van der Waals surface area contributed by atoms with Crippen molar-refractivity contribution in [2.24, 2.45) is 4.99 Å². The smallest absolute Gasteiger partial charge is 0.191 e. The van der Waals surface area contributed by atoms with Crippen molar-refractivity contribution >= 4 is 33.2 Å². The quantitative estimate of drug-likeness (QED) is 0.612. The van der Waals surface area contributed by atoms with E-state index in [1.807, 2.05) is 6.20 Å². The van der Waals surface area contributed by atoms with Crippen LogP contribution in [0.5, 0.6) is 0 Å². The molecule has 0 saturated heterocycles. The number of aromatic nitrogens is 1. The van der Waals surface area contributed by atoms with Crippen LogP contribution in [-0.2, 0) is 19.5 Å². The van der Waals surface area contributed by atoms with E-state index in [1.165, 1.54) is 17.0 Å². The predicted molar refractivity (Wildman–Crippen MR) is 92.6 cm³/mol. The summed E-state index contributed by atoms with van der Waals surface area (Å²) in [6.07, 6.45) is 2.90. The molecular formula is C15H18BrFN4S. The van der Waals surface area contributed by atoms with Gasteiger partial charge in [-0.1, -0.05) is 22.9 Å². The first kappa shape index (κ1) is 16.9. The minimum Gasteiger partial charge on any atom is -0.352 e. The van der Waals surface area contributed by atoms with E-state index in [1.54, 1.807) is 24.5 Å². The molecule has 1 aromatic carbocycles. The van der Waals surface area contributed by atoms with Crippen molar-refractivity contribution in [2.75, 3.05) is 7.05 Å². The molecule has 1 heterocycles. The first-order valence-electron chi connectivity index (χ1n) is 6.94. The SMILES string of the molecule is CCc1cnc(CNC(=NC)NCc2cc(F)ccc2Br)s1. The van der Waals surface area contributed by atoms with Crippen LogP contribution in [0.4, 0.5) is 4.39 Å². The molecule has 118 valence electrons. The summed E-state index contributed by atoms with van der Waals surface area (Å²) in [5.74, 6) is 0.405. The number of rotatable bonds is 5. The molecule has 0 bridgehead atoms. The van der Waals surface area contributed by atoms with Crippen LogP contribution >= 0.6 is 27.3 Å². The monoisotopic (exact) mass is 384 g/mol. The first-order valence-corrected chi connectivity index (χ1v) is 8.55. The molecule has 0 aliphatic rings. The maximum absolute atomic E-state index is 13.3. The second-order valence-electron chi connectivity index (χ2n) is 4.59. The Morgan fingerprint density at radius 1 is 1.36 bits per heavy atom. The van der Waals surface area contributed by atoms with E-state index >= 15 is 0 Å². The van der Waals surface area contributed by atoms with E-state index < -0.39 is 0 Å². The summed E-state index contributed by atoms with van der Waals surface area (Å²) in [5.41, 5.74) is 0.838. The van der Waals surface area contributed by atoms with E-state index in [2.05, 4.69) is 43.5 Å². The zero-order valence-corrected chi connectivity index (χ0v) is 14.9. The average Bonchev–Trinajstić information content (AvgIpc) is 2.98. The molecule has 0 fully saturated rings. The van der Waals surface area contributed by atoms with Gasteiger partial charge in [0, 0.05) is 29.1 Å². The highest BCUT2D eigenvalue weighted by atomic mass is 79.9. The zero-order valence-electron chi connectivity index (χ0n) is 12.5. The van der Waals surface area contributed by atoms with Gasteiger partial charge >= 0.3 is 0 Å². The van der Waals surface area contributed by atoms with E-state index in [4.69, 9.17) is 0 Å². The van der Waals surface area contributed by atoms with Crippen molar-refractivity contribution in [1.82, 2.24) is 15.6 Å². The van der Waals surface area contributed by atoms with Gasteiger partial charge in [-0.05, 0) is 30.2 Å². The maximum Gasteiger partial charge on any atom is 0.191 e. The molecule has 0 unspecified atom stereocenters. The zero-order chi connectivity index (χ0) is 15.9. The largest absolute Gasteiger partial charge is 0.352 e. The summed E-state index contributed by atoms with van der Waals surface area (Å²) in [6.45, 7) is 3.22. The van der Waals surface area contributed by atoms with Gasteiger partial charge in [0.1, 0.15) is 10.8 Å². The first-order chi connectivity index (χ1) is 10.6. The van der Waals surface area contributed by atoms with Gasteiger partial charge in [0.05, 0.1) is 6.54 Å². The molecule has 22 heavy (non-hydrogen) atoms. The second kappa shape index (κ2) is 8.24. The number of thiazole rings is 1. The number of nitrogens with zero attached hydrogens (tertiary/aromatic N) is 2. The number of guanidine groups is 1. The van der Waals surface area contributed by atoms with Gasteiger partial charge in [0.15, 0.2) is 5.96 Å². The van der Waals surface area contributed by atoms with Crippen molar-refractivity contribution in [1.29, 1.82) is 0 Å². The molecular weight excluding hydrogens is 367 g/mol. The molecule has 7 heteroatoms. The Bertz CT molecular complexity index is 657. The lowest BCUT2D eigenvalue weighted by atomic mass is 10.2. The van der Waals surface area contributed by atoms with Crippen molar-refractivity contribution in [3.05, 3.63) is 50.1 Å². The highest BCUT2D eigenvalue weighted by molar-refractivity contribution is 9.10. The van der Waals surface area contributed by atoms with Gasteiger partial charge in [-0.15, -0.1) is 11.3 Å². The maximum atomic E-state index is 13.3. The van der Waals surface area contributed by atoms with Gasteiger partial charge in [0.2, 0.25) is 0 Å². The van der Waals surface area contributed by atoms with Crippen molar-refractivity contribution in [2.45, 2.75) is 26.4 Å². The molecule has 2 rings (SSSR count). The van der Waals surface area contributed by atoms with Crippen LogP contribution in [0.25, 0.3) is 0 Å². The highest BCUT2D eigenvalue weighted by Crippen LogP contribution is 2.17. The molecule has 2 aromatic rings. The number of hydrogen-bond donors (Lipinski definition) is 2. The van der Waals surface area contributed by atoms with Gasteiger partial charge in [-0.3, -0.25) is 4.99 Å². The van der Waals surface area contributed by atoms with E-state index in [0.29, 0.717) is 19.0 Å². The Morgan fingerprint density at radius 2 is 2.14 bits per heavy atom. The average molecular weight is 385 g/mol. The molecule has 0 atom stereocenters. The molecule has 2 N–H and O–H groups in total. The van der Waals surface area contributed by atoms with Crippen LogP contribution in [0, 0.1) is 5.82 Å². The number of benzene rings is 1. The summed E-state index contributed by atoms with van der Waals surface area (Å²) in [7, 11) is 1.70. The molecule has 0 saturated carbocycles. The van der Waals surface area contributed by atoms with Crippen LogP contribution in [0.3, 0.4) is 0 Å². The molecule has 0 radical (unpaired) electrons. The summed E-state index contributed by atoms with van der Waals surface area (Å²) in [6, 6.07) is 4.62. The fraction of sp³-hybridized carbons (Fsp3) is 0.333. The van der Waals surface area contributed by atoms with Crippen LogP contribution in [0.15, 0.2) is 33.9 Å². The van der Waals surface area contributed by atoms with Crippen LogP contribution in [0.2, 0.25) is 0 Å². The number of aliphatic imine (C=N–C) groups is 1. The van der Waals surface area contributed by atoms with Crippen molar-refractivity contribution < 1.29 is 4.39 Å². The Labute approximate surface area is 142 Å². The topological polar surface area (TPSA) is 49.3 Å². The number of aryl methyl sites for hydroxylation is 1. The highest BCUT2D eigenvalue weighted by Gasteiger charge is 2.05. The van der Waals surface area contributed by atoms with Gasteiger partial charge < -0.3 is 10.6 Å². The third-order valence-corrected chi connectivity index (χ3v) is 4.95. The third kappa shape index (κ3) is 4.78. The third-order valence-electron chi connectivity index (χ3n) is 3.03. The Hall–Kier alpha value is -1.47. The molecule has 1 aromatic heterocycles. The fourth-order valence-electron chi connectivity index (χ4n) is 1.83. The standard InChI is InChI=1S/C15H18BrFN4S/c1-3-12-8-19-14(22-12)9-21-15(18-2)20-7-10-6-11(17)4-5-13(10)16/h4-6,8H,3,7,9H2,1-2H3,(H2,18,20,21). The minimum absolute atomic E-state index is 0.252. The summed E-state index contributed by atoms with van der Waals surface area (Å²) < 4.78 is 14.1. The van der Waals surface area contributed by atoms with Crippen molar-refractivity contribution in [3.63, 3.8) is 0 Å². The molecule has 0 aliphatic heterocycles. The van der Waals surface area contributed by atoms with Crippen LogP contribution in [0.1, 0.15) is 22.4 Å². The minimum atomic E-state index is -0.252.